The summed E-state index contributed by atoms with van der Waals surface area (Å²) in [4.78, 5) is 16.0. The zero-order chi connectivity index (χ0) is 13.0. The zero-order valence-electron chi connectivity index (χ0n) is 10.6. The summed E-state index contributed by atoms with van der Waals surface area (Å²) >= 11 is 0. The number of benzene rings is 1. The van der Waals surface area contributed by atoms with Gasteiger partial charge in [0.15, 0.2) is 0 Å². The lowest BCUT2D eigenvalue weighted by molar-refractivity contribution is -0.114. The minimum absolute atomic E-state index is 0.0756. The van der Waals surface area contributed by atoms with Gasteiger partial charge in [-0.15, -0.1) is 0 Å². The Labute approximate surface area is 107 Å². The number of benzodiazepines with no additional fused rings is 1. The molecule has 1 heterocycles. The monoisotopic (exact) mass is 240 g/mol. The van der Waals surface area contributed by atoms with Crippen molar-refractivity contribution in [2.75, 3.05) is 11.9 Å². The number of fused-ring (bicyclic) bond motifs is 1. The average molecular weight is 240 g/mol. The number of nitrogens with one attached hydrogen (secondary N) is 1. The van der Waals surface area contributed by atoms with Crippen LogP contribution < -0.4 is 5.32 Å². The molecule has 1 amide bonds. The molecule has 18 heavy (non-hydrogen) atoms. The highest BCUT2D eigenvalue weighted by Gasteiger charge is 2.17. The van der Waals surface area contributed by atoms with Gasteiger partial charge in [-0.3, -0.25) is 9.79 Å². The Morgan fingerprint density at radius 3 is 2.83 bits per heavy atom. The Morgan fingerprint density at radius 1 is 1.33 bits per heavy atom. The van der Waals surface area contributed by atoms with E-state index >= 15 is 0 Å². The van der Waals surface area contributed by atoms with Crippen LogP contribution in [0.3, 0.4) is 0 Å². The van der Waals surface area contributed by atoms with Crippen LogP contribution >= 0.6 is 0 Å². The fourth-order valence-electron chi connectivity index (χ4n) is 1.96. The molecule has 0 saturated carbocycles. The van der Waals surface area contributed by atoms with Crippen molar-refractivity contribution in [1.82, 2.24) is 0 Å². The lowest BCUT2D eigenvalue weighted by Crippen LogP contribution is -2.13. The highest BCUT2D eigenvalue weighted by atomic mass is 16.1. The normalized spacial score (nSPS) is 16.0. The largest absolute Gasteiger partial charge is 0.324 e. The third-order valence-corrected chi connectivity index (χ3v) is 2.77. The van der Waals surface area contributed by atoms with Crippen LogP contribution in [0.4, 0.5) is 5.69 Å². The van der Waals surface area contributed by atoms with Gasteiger partial charge in [0.25, 0.3) is 0 Å². The molecule has 2 rings (SSSR count). The summed E-state index contributed by atoms with van der Waals surface area (Å²) in [6.07, 6.45) is 5.98. The van der Waals surface area contributed by atoms with Gasteiger partial charge in [0, 0.05) is 5.56 Å². The number of amides is 1. The van der Waals surface area contributed by atoms with E-state index in [9.17, 15) is 4.79 Å². The minimum atomic E-state index is -0.0756. The average Bonchev–Trinajstić information content (AvgIpc) is 2.55. The van der Waals surface area contributed by atoms with Gasteiger partial charge in [0.1, 0.15) is 6.54 Å². The number of anilines is 1. The minimum Gasteiger partial charge on any atom is -0.324 e. The predicted molar refractivity (Wildman–Crippen MR) is 75.0 cm³/mol. The molecule has 1 aliphatic heterocycles. The lowest BCUT2D eigenvalue weighted by Gasteiger charge is -2.09. The number of hydrogen-bond donors (Lipinski definition) is 1. The van der Waals surface area contributed by atoms with Gasteiger partial charge in [-0.1, -0.05) is 36.4 Å². The molecule has 0 saturated heterocycles. The van der Waals surface area contributed by atoms with E-state index in [-0.39, 0.29) is 12.5 Å². The summed E-state index contributed by atoms with van der Waals surface area (Å²) in [5.74, 6) is -0.0756. The molecule has 1 aromatic carbocycles. The first-order chi connectivity index (χ1) is 8.76. The first-order valence-corrected chi connectivity index (χ1v) is 5.99. The first-order valence-electron chi connectivity index (χ1n) is 5.99. The van der Waals surface area contributed by atoms with Gasteiger partial charge in [0.2, 0.25) is 5.91 Å². The smallest absolute Gasteiger partial charge is 0.246 e. The standard InChI is InChI=1S/C15H16N2O/c1-3-7-11(4-2)15-12-8-5-6-9-13(12)17-14(18)10-16-15/h3-9H,10H2,1-2H3,(H,17,18)/b7-3-,11-4+. The summed E-state index contributed by atoms with van der Waals surface area (Å²) in [7, 11) is 0. The summed E-state index contributed by atoms with van der Waals surface area (Å²) in [5, 5.41) is 2.87. The van der Waals surface area contributed by atoms with Crippen LogP contribution in [0.25, 0.3) is 0 Å². The highest BCUT2D eigenvalue weighted by Crippen LogP contribution is 2.22. The fraction of sp³-hybridized carbons (Fsp3) is 0.200. The second-order valence-electron chi connectivity index (χ2n) is 4.00. The number of rotatable bonds is 2. The number of carbonyl (C=O) groups excluding carboxylic acids is 1. The molecule has 3 nitrogen and oxygen atoms in total. The molecule has 92 valence electrons. The Morgan fingerprint density at radius 2 is 2.11 bits per heavy atom. The summed E-state index contributed by atoms with van der Waals surface area (Å²) in [6.45, 7) is 4.11. The van der Waals surface area contributed by atoms with Crippen LogP contribution in [0.15, 0.2) is 53.1 Å². The summed E-state index contributed by atoms with van der Waals surface area (Å²) in [5.41, 5.74) is 3.68. The maximum Gasteiger partial charge on any atom is 0.246 e. The van der Waals surface area contributed by atoms with Crippen LogP contribution in [0.5, 0.6) is 0 Å². The van der Waals surface area contributed by atoms with E-state index in [1.807, 2.05) is 56.3 Å². The summed E-state index contributed by atoms with van der Waals surface area (Å²) in [6, 6.07) is 7.74. The van der Waals surface area contributed by atoms with Gasteiger partial charge in [0.05, 0.1) is 11.4 Å². The van der Waals surface area contributed by atoms with Crippen molar-refractivity contribution in [3.05, 3.63) is 53.6 Å². The number of allylic oxidation sites excluding steroid dienone is 4. The van der Waals surface area contributed by atoms with E-state index < -0.39 is 0 Å². The third kappa shape index (κ3) is 2.40. The third-order valence-electron chi connectivity index (χ3n) is 2.77. The van der Waals surface area contributed by atoms with Gasteiger partial charge in [-0.2, -0.15) is 0 Å². The van der Waals surface area contributed by atoms with Crippen LogP contribution in [-0.2, 0) is 4.79 Å². The quantitative estimate of drug-likeness (QED) is 0.793. The van der Waals surface area contributed by atoms with E-state index in [2.05, 4.69) is 10.3 Å². The zero-order valence-corrected chi connectivity index (χ0v) is 10.6. The van der Waals surface area contributed by atoms with E-state index in [4.69, 9.17) is 0 Å². The number of para-hydroxylation sites is 1. The van der Waals surface area contributed by atoms with Gasteiger partial charge < -0.3 is 5.32 Å². The maximum atomic E-state index is 11.6. The van der Waals surface area contributed by atoms with E-state index in [1.54, 1.807) is 0 Å². The Balaban J connectivity index is 2.56. The van der Waals surface area contributed by atoms with E-state index in [1.165, 1.54) is 0 Å². The molecule has 0 bridgehead atoms. The molecule has 0 spiro atoms. The van der Waals surface area contributed by atoms with E-state index in [0.717, 1.165) is 22.5 Å². The van der Waals surface area contributed by atoms with Crippen molar-refractivity contribution in [3.63, 3.8) is 0 Å². The van der Waals surface area contributed by atoms with Gasteiger partial charge in [-0.25, -0.2) is 0 Å². The fourth-order valence-corrected chi connectivity index (χ4v) is 1.96. The van der Waals surface area contributed by atoms with Crippen molar-refractivity contribution in [1.29, 1.82) is 0 Å². The molecule has 1 aromatic rings. The first kappa shape index (κ1) is 12.3. The number of aliphatic imine (C=N–C) groups is 1. The molecular formula is C15H16N2O. The molecule has 1 aliphatic rings. The second-order valence-corrected chi connectivity index (χ2v) is 4.00. The Bertz CT molecular complexity index is 553. The van der Waals surface area contributed by atoms with Crippen molar-refractivity contribution >= 4 is 17.3 Å². The van der Waals surface area contributed by atoms with Gasteiger partial charge >= 0.3 is 0 Å². The highest BCUT2D eigenvalue weighted by molar-refractivity contribution is 6.20. The predicted octanol–water partition coefficient (Wildman–Crippen LogP) is 2.95. The lowest BCUT2D eigenvalue weighted by atomic mass is 10.00. The van der Waals surface area contributed by atoms with E-state index in [0.29, 0.717) is 0 Å². The number of nitrogens with zero attached hydrogens (tertiary/aromatic N) is 1. The van der Waals surface area contributed by atoms with Crippen molar-refractivity contribution in [2.45, 2.75) is 13.8 Å². The molecule has 0 radical (unpaired) electrons. The van der Waals surface area contributed by atoms with Crippen LogP contribution in [0.2, 0.25) is 0 Å². The molecule has 0 aromatic heterocycles. The summed E-state index contributed by atoms with van der Waals surface area (Å²) < 4.78 is 0. The molecule has 0 unspecified atom stereocenters. The molecule has 0 atom stereocenters. The van der Waals surface area contributed by atoms with Crippen molar-refractivity contribution in [2.24, 2.45) is 4.99 Å². The molecule has 0 aliphatic carbocycles. The van der Waals surface area contributed by atoms with Crippen LogP contribution in [0.1, 0.15) is 19.4 Å². The molecule has 0 fully saturated rings. The Kier molecular flexibility index (Phi) is 3.72. The second kappa shape index (κ2) is 5.45. The SMILES string of the molecule is C/C=C\C(=C/C)C1=NCC(=O)Nc2ccccc21. The van der Waals surface area contributed by atoms with Crippen LogP contribution in [-0.4, -0.2) is 18.2 Å². The topological polar surface area (TPSA) is 41.5 Å². The van der Waals surface area contributed by atoms with Crippen LogP contribution in [0, 0.1) is 0 Å². The number of carbonyl (C=O) groups is 1. The molecular weight excluding hydrogens is 224 g/mol. The van der Waals surface area contributed by atoms with Crippen molar-refractivity contribution in [3.8, 4) is 0 Å². The number of hydrogen-bond acceptors (Lipinski definition) is 2. The molecule has 1 N–H and O–H groups in total. The maximum absolute atomic E-state index is 11.6. The Hall–Kier alpha value is -2.16. The van der Waals surface area contributed by atoms with Gasteiger partial charge in [-0.05, 0) is 25.5 Å². The van der Waals surface area contributed by atoms with Crippen molar-refractivity contribution < 1.29 is 4.79 Å². The molecule has 3 heteroatoms.